The summed E-state index contributed by atoms with van der Waals surface area (Å²) < 4.78 is 9.58. The van der Waals surface area contributed by atoms with Crippen molar-refractivity contribution in [3.63, 3.8) is 0 Å². The Balaban J connectivity index is 0. The lowest BCUT2D eigenvalue weighted by Crippen LogP contribution is -2.35. The number of hydrogen-bond acceptors (Lipinski definition) is 2. The van der Waals surface area contributed by atoms with E-state index in [-0.39, 0.29) is 0 Å². The molecule has 0 amide bonds. The lowest BCUT2D eigenvalue weighted by atomic mass is 10.0. The highest BCUT2D eigenvalue weighted by Gasteiger charge is 2.04. The molecule has 0 saturated heterocycles. The molecule has 3 nitrogen and oxygen atoms in total. The van der Waals surface area contributed by atoms with E-state index >= 15 is 0 Å². The topological polar surface area (TPSA) is 40.1 Å². The maximum Gasteiger partial charge on any atom is 0.0780 e. The van der Waals surface area contributed by atoms with Crippen molar-refractivity contribution < 1.29 is 13.9 Å². The van der Waals surface area contributed by atoms with Gasteiger partial charge >= 0.3 is 0 Å². The average Bonchev–Trinajstić information content (AvgIpc) is 2.47. The molecule has 0 rings (SSSR count). The van der Waals surface area contributed by atoms with Gasteiger partial charge in [-0.15, -0.1) is 0 Å². The zero-order valence-corrected chi connectivity index (χ0v) is 17.6. The Kier molecular flexibility index (Phi) is 22.3. The van der Waals surface area contributed by atoms with E-state index < -0.39 is 8.69 Å². The number of nitrogens with zero attached hydrogens (tertiary/aromatic N) is 1. The van der Waals surface area contributed by atoms with Gasteiger partial charge in [-0.05, 0) is 21.5 Å². The summed E-state index contributed by atoms with van der Waals surface area (Å²) in [5, 5.41) is 0. The van der Waals surface area contributed by atoms with Gasteiger partial charge in [-0.1, -0.05) is 84.0 Å². The maximum atomic E-state index is 8.46. The molecule has 142 valence electrons. The molecular formula is C19H44NO2P. The summed E-state index contributed by atoms with van der Waals surface area (Å²) in [6, 6.07) is 0. The summed E-state index contributed by atoms with van der Waals surface area (Å²) >= 11 is 0. The van der Waals surface area contributed by atoms with Gasteiger partial charge < -0.3 is 13.9 Å². The van der Waals surface area contributed by atoms with Crippen LogP contribution in [0.3, 0.4) is 0 Å². The minimum absolute atomic E-state index is 1.12. The van der Waals surface area contributed by atoms with Crippen molar-refractivity contribution in [1.29, 1.82) is 0 Å². The Morgan fingerprint density at radius 1 is 0.652 bits per heavy atom. The number of hydrogen-bond donors (Lipinski definition) is 0. The molecule has 0 saturated carbocycles. The standard InChI is InChI=1S/C19H42N.H3O2P/c1-5-6-7-8-9-10-11-12-13-14-15-16-17-18-19-20(2,3)4;1-3-2/h5-19H2,1-4H3;3H2,(H,1,2)/q+1;/p-1. The Bertz CT molecular complexity index is 230. The minimum Gasteiger partial charge on any atom is -0.804 e. The third-order valence-electron chi connectivity index (χ3n) is 4.18. The molecule has 0 aliphatic heterocycles. The SMILES string of the molecule is CCCCCCCCCCCCCCCC[N+](C)(C)C.O=[PH2][O-]. The molecule has 0 N–H and O–H groups in total. The first-order valence-electron chi connectivity index (χ1n) is 9.84. The molecule has 0 heterocycles. The Labute approximate surface area is 147 Å². The number of unbranched alkanes of at least 4 members (excludes halogenated alkanes) is 13. The third-order valence-corrected chi connectivity index (χ3v) is 4.18. The monoisotopic (exact) mass is 349 g/mol. The Hall–Kier alpha value is 0.150. The molecule has 0 aromatic rings. The molecule has 0 radical (unpaired) electrons. The van der Waals surface area contributed by atoms with Crippen LogP contribution in [-0.2, 0) is 4.57 Å². The molecule has 0 aromatic carbocycles. The van der Waals surface area contributed by atoms with Crippen molar-refractivity contribution in [3.8, 4) is 0 Å². The van der Waals surface area contributed by atoms with E-state index in [1.54, 1.807) is 0 Å². The fourth-order valence-electron chi connectivity index (χ4n) is 2.78. The Morgan fingerprint density at radius 3 is 1.17 bits per heavy atom. The molecule has 0 spiro atoms. The summed E-state index contributed by atoms with van der Waals surface area (Å²) in [5.74, 6) is 0. The van der Waals surface area contributed by atoms with Gasteiger partial charge in [0.25, 0.3) is 0 Å². The first-order chi connectivity index (χ1) is 11.0. The van der Waals surface area contributed by atoms with Crippen LogP contribution in [0.25, 0.3) is 0 Å². The van der Waals surface area contributed by atoms with Crippen LogP contribution in [0.2, 0.25) is 0 Å². The third kappa shape index (κ3) is 30.6. The first-order valence-corrected chi connectivity index (χ1v) is 10.8. The van der Waals surface area contributed by atoms with Crippen LogP contribution in [0.5, 0.6) is 0 Å². The second-order valence-corrected chi connectivity index (χ2v) is 7.90. The molecule has 1 unspecified atom stereocenters. The smallest absolute Gasteiger partial charge is 0.0780 e. The van der Waals surface area contributed by atoms with Crippen molar-refractivity contribution in [2.24, 2.45) is 0 Å². The normalized spacial score (nSPS) is 11.7. The molecule has 0 bridgehead atoms. The van der Waals surface area contributed by atoms with E-state index in [1.165, 1.54) is 96.4 Å². The largest absolute Gasteiger partial charge is 0.804 e. The highest BCUT2D eigenvalue weighted by atomic mass is 31.1. The van der Waals surface area contributed by atoms with Gasteiger partial charge in [-0.2, -0.15) is 0 Å². The van der Waals surface area contributed by atoms with E-state index in [0.29, 0.717) is 0 Å². The van der Waals surface area contributed by atoms with E-state index in [2.05, 4.69) is 28.1 Å². The zero-order valence-electron chi connectivity index (χ0n) is 16.4. The van der Waals surface area contributed by atoms with Gasteiger partial charge in [0, 0.05) is 0 Å². The highest BCUT2D eigenvalue weighted by molar-refractivity contribution is 7.14. The van der Waals surface area contributed by atoms with Crippen molar-refractivity contribution in [2.45, 2.75) is 96.8 Å². The predicted molar refractivity (Wildman–Crippen MR) is 104 cm³/mol. The lowest BCUT2D eigenvalue weighted by Gasteiger charge is -2.23. The first kappa shape index (κ1) is 25.4. The predicted octanol–water partition coefficient (Wildman–Crippen LogP) is 5.19. The van der Waals surface area contributed by atoms with Gasteiger partial charge in [0.05, 0.1) is 27.7 Å². The van der Waals surface area contributed by atoms with Crippen LogP contribution in [-0.4, -0.2) is 32.2 Å². The minimum atomic E-state index is -1.75. The van der Waals surface area contributed by atoms with E-state index in [0.717, 1.165) is 4.48 Å². The number of quaternary nitrogens is 1. The summed E-state index contributed by atoms with van der Waals surface area (Å²) in [5.41, 5.74) is 0. The summed E-state index contributed by atoms with van der Waals surface area (Å²) in [7, 11) is 5.13. The van der Waals surface area contributed by atoms with Gasteiger partial charge in [0.2, 0.25) is 0 Å². The van der Waals surface area contributed by atoms with Gasteiger partial charge in [-0.3, -0.25) is 0 Å². The van der Waals surface area contributed by atoms with Crippen LogP contribution in [0.15, 0.2) is 0 Å². The Morgan fingerprint density at radius 2 is 0.913 bits per heavy atom. The van der Waals surface area contributed by atoms with E-state index in [9.17, 15) is 0 Å². The molecule has 1 atom stereocenters. The fourth-order valence-corrected chi connectivity index (χ4v) is 2.78. The van der Waals surface area contributed by atoms with Crippen molar-refractivity contribution >= 4 is 8.69 Å². The fraction of sp³-hybridized carbons (Fsp3) is 1.00. The highest BCUT2D eigenvalue weighted by Crippen LogP contribution is 2.13. The second kappa shape index (κ2) is 20.2. The average molecular weight is 350 g/mol. The molecule has 0 aromatic heterocycles. The zero-order chi connectivity index (χ0) is 17.8. The quantitative estimate of drug-likeness (QED) is 0.232. The van der Waals surface area contributed by atoms with Crippen LogP contribution >= 0.6 is 8.69 Å². The van der Waals surface area contributed by atoms with Crippen LogP contribution in [0.4, 0.5) is 0 Å². The van der Waals surface area contributed by atoms with Crippen molar-refractivity contribution in [2.75, 3.05) is 27.7 Å². The molecule has 0 aliphatic carbocycles. The lowest BCUT2D eigenvalue weighted by molar-refractivity contribution is -0.870. The van der Waals surface area contributed by atoms with Crippen molar-refractivity contribution in [1.82, 2.24) is 0 Å². The molecular weight excluding hydrogens is 305 g/mol. The molecule has 23 heavy (non-hydrogen) atoms. The van der Waals surface area contributed by atoms with Crippen LogP contribution in [0, 0.1) is 0 Å². The van der Waals surface area contributed by atoms with Gasteiger partial charge in [0.1, 0.15) is 0 Å². The van der Waals surface area contributed by atoms with Gasteiger partial charge in [0.15, 0.2) is 0 Å². The maximum absolute atomic E-state index is 8.46. The van der Waals surface area contributed by atoms with Crippen molar-refractivity contribution in [3.05, 3.63) is 0 Å². The van der Waals surface area contributed by atoms with Crippen LogP contribution in [0.1, 0.15) is 96.8 Å². The number of rotatable bonds is 15. The summed E-state index contributed by atoms with van der Waals surface area (Å²) in [6.45, 7) is 3.63. The van der Waals surface area contributed by atoms with Gasteiger partial charge in [-0.25, -0.2) is 0 Å². The summed E-state index contributed by atoms with van der Waals surface area (Å²) in [6.07, 6.45) is 20.4. The molecule has 4 heteroatoms. The summed E-state index contributed by atoms with van der Waals surface area (Å²) in [4.78, 5) is 8.46. The van der Waals surface area contributed by atoms with E-state index in [4.69, 9.17) is 9.46 Å². The van der Waals surface area contributed by atoms with Crippen LogP contribution < -0.4 is 4.89 Å². The molecule has 0 fully saturated rings. The van der Waals surface area contributed by atoms with E-state index in [1.807, 2.05) is 0 Å². The molecule has 0 aliphatic rings. The second-order valence-electron chi connectivity index (χ2n) is 7.71.